The van der Waals surface area contributed by atoms with Crippen LogP contribution in [0.5, 0.6) is 0 Å². The molecule has 0 aromatic carbocycles. The van der Waals surface area contributed by atoms with Crippen LogP contribution in [0.4, 0.5) is 0 Å². The molecule has 2 rings (SSSR count). The lowest BCUT2D eigenvalue weighted by atomic mass is 10.0. The van der Waals surface area contributed by atoms with Gasteiger partial charge in [0.25, 0.3) is 0 Å². The Morgan fingerprint density at radius 2 is 2.24 bits per heavy atom. The van der Waals surface area contributed by atoms with Crippen LogP contribution in [-0.4, -0.2) is 36.7 Å². The van der Waals surface area contributed by atoms with Crippen LogP contribution in [0.1, 0.15) is 31.4 Å². The molecule has 96 valence electrons. The maximum atomic E-state index is 5.81. The fraction of sp³-hybridized carbons (Fsp3) is 0.692. The number of nitrogens with zero attached hydrogens (tertiary/aromatic N) is 1. The van der Waals surface area contributed by atoms with Crippen molar-refractivity contribution >= 4 is 0 Å². The molecule has 2 atom stereocenters. The maximum Gasteiger partial charge on any atom is 0.124 e. The molecule has 17 heavy (non-hydrogen) atoms. The van der Waals surface area contributed by atoms with Crippen LogP contribution in [0, 0.1) is 6.92 Å². The van der Waals surface area contributed by atoms with E-state index >= 15 is 0 Å². The van der Waals surface area contributed by atoms with Gasteiger partial charge in [-0.15, -0.1) is 0 Å². The second kappa shape index (κ2) is 5.21. The van der Waals surface area contributed by atoms with Crippen molar-refractivity contribution in [1.29, 1.82) is 0 Å². The molecule has 0 spiro atoms. The van der Waals surface area contributed by atoms with Crippen LogP contribution in [0.3, 0.4) is 0 Å². The predicted octanol–water partition coefficient (Wildman–Crippen LogP) is 1.70. The number of hydrogen-bond acceptors (Lipinski definition) is 4. The van der Waals surface area contributed by atoms with Gasteiger partial charge in [0.1, 0.15) is 11.5 Å². The molecule has 2 unspecified atom stereocenters. The second-order valence-corrected chi connectivity index (χ2v) is 4.87. The minimum absolute atomic E-state index is 0.0247. The topological polar surface area (TPSA) is 51.6 Å². The summed E-state index contributed by atoms with van der Waals surface area (Å²) in [4.78, 5) is 2.40. The summed E-state index contributed by atoms with van der Waals surface area (Å²) in [5.41, 5.74) is 5.81. The quantitative estimate of drug-likeness (QED) is 0.870. The molecule has 1 aliphatic heterocycles. The third-order valence-electron chi connectivity index (χ3n) is 3.34. The van der Waals surface area contributed by atoms with E-state index in [2.05, 4.69) is 18.7 Å². The van der Waals surface area contributed by atoms with Gasteiger partial charge < -0.3 is 14.9 Å². The Kier molecular flexibility index (Phi) is 3.86. The van der Waals surface area contributed by atoms with Crippen LogP contribution in [0.15, 0.2) is 16.5 Å². The molecule has 1 saturated heterocycles. The predicted molar refractivity (Wildman–Crippen MR) is 66.8 cm³/mol. The van der Waals surface area contributed by atoms with Gasteiger partial charge in [0.05, 0.1) is 18.8 Å². The van der Waals surface area contributed by atoms with Crippen LogP contribution >= 0.6 is 0 Å². The zero-order chi connectivity index (χ0) is 12.4. The van der Waals surface area contributed by atoms with Crippen molar-refractivity contribution in [1.82, 2.24) is 4.90 Å². The van der Waals surface area contributed by atoms with E-state index in [1.165, 1.54) is 0 Å². The third-order valence-corrected chi connectivity index (χ3v) is 3.34. The number of ether oxygens (including phenoxy) is 1. The van der Waals surface area contributed by atoms with E-state index in [1.54, 1.807) is 0 Å². The first kappa shape index (κ1) is 12.6. The third kappa shape index (κ3) is 2.54. The van der Waals surface area contributed by atoms with Crippen LogP contribution in [0.2, 0.25) is 0 Å². The number of rotatable bonds is 3. The second-order valence-electron chi connectivity index (χ2n) is 4.87. The summed E-state index contributed by atoms with van der Waals surface area (Å²) in [6, 6.07) is 4.63. The Morgan fingerprint density at radius 3 is 2.76 bits per heavy atom. The molecule has 0 bridgehead atoms. The molecule has 0 aliphatic carbocycles. The maximum absolute atomic E-state index is 5.81. The van der Waals surface area contributed by atoms with E-state index < -0.39 is 0 Å². The number of furan rings is 1. The molecule has 4 nitrogen and oxygen atoms in total. The normalized spacial score (nSPS) is 26.6. The van der Waals surface area contributed by atoms with Crippen molar-refractivity contribution < 1.29 is 9.15 Å². The van der Waals surface area contributed by atoms with E-state index in [4.69, 9.17) is 14.9 Å². The van der Waals surface area contributed by atoms with Gasteiger partial charge in [-0.25, -0.2) is 0 Å². The summed E-state index contributed by atoms with van der Waals surface area (Å²) in [5, 5.41) is 0. The Hall–Kier alpha value is -0.840. The minimum Gasteiger partial charge on any atom is -0.465 e. The van der Waals surface area contributed by atoms with Gasteiger partial charge in [-0.3, -0.25) is 4.90 Å². The number of hydrogen-bond donors (Lipinski definition) is 1. The minimum atomic E-state index is 0.0247. The fourth-order valence-electron chi connectivity index (χ4n) is 2.49. The van der Waals surface area contributed by atoms with E-state index in [0.717, 1.165) is 24.7 Å². The van der Waals surface area contributed by atoms with E-state index in [1.807, 2.05) is 19.1 Å². The summed E-state index contributed by atoms with van der Waals surface area (Å²) in [6.45, 7) is 8.55. The van der Waals surface area contributed by atoms with E-state index in [9.17, 15) is 0 Å². The van der Waals surface area contributed by atoms with Crippen LogP contribution < -0.4 is 5.73 Å². The molecule has 0 saturated carbocycles. The average Bonchev–Trinajstić information content (AvgIpc) is 2.74. The lowest BCUT2D eigenvalue weighted by Crippen LogP contribution is -2.50. The molecular formula is C13H22N2O2. The molecule has 1 fully saturated rings. The van der Waals surface area contributed by atoms with Gasteiger partial charge in [-0.1, -0.05) is 0 Å². The molecule has 0 amide bonds. The number of aryl methyl sites for hydroxylation is 1. The van der Waals surface area contributed by atoms with Gasteiger partial charge in [0, 0.05) is 19.1 Å². The molecule has 0 radical (unpaired) electrons. The summed E-state index contributed by atoms with van der Waals surface area (Å²) in [7, 11) is 0. The zero-order valence-electron chi connectivity index (χ0n) is 10.8. The highest BCUT2D eigenvalue weighted by Gasteiger charge is 2.36. The van der Waals surface area contributed by atoms with E-state index in [0.29, 0.717) is 12.6 Å². The fourth-order valence-corrected chi connectivity index (χ4v) is 2.49. The summed E-state index contributed by atoms with van der Waals surface area (Å²) >= 11 is 0. The van der Waals surface area contributed by atoms with Crippen molar-refractivity contribution in [3.63, 3.8) is 0 Å². The molecule has 2 heterocycles. The van der Waals surface area contributed by atoms with Crippen LogP contribution in [-0.2, 0) is 4.74 Å². The van der Waals surface area contributed by atoms with Crippen LogP contribution in [0.25, 0.3) is 0 Å². The molecular weight excluding hydrogens is 216 g/mol. The molecule has 1 aromatic heterocycles. The monoisotopic (exact) mass is 238 g/mol. The number of morpholine rings is 1. The first-order valence-corrected chi connectivity index (χ1v) is 6.27. The highest BCUT2D eigenvalue weighted by atomic mass is 16.5. The van der Waals surface area contributed by atoms with Gasteiger partial charge in [-0.2, -0.15) is 0 Å². The summed E-state index contributed by atoms with van der Waals surface area (Å²) < 4.78 is 11.5. The van der Waals surface area contributed by atoms with Crippen molar-refractivity contribution in [2.75, 3.05) is 19.7 Å². The van der Waals surface area contributed by atoms with Gasteiger partial charge in [0.2, 0.25) is 0 Å². The van der Waals surface area contributed by atoms with Gasteiger partial charge in [0.15, 0.2) is 0 Å². The SMILES string of the molecule is Cc1ccc(C2C(CN)OCCN2C(C)C)o1. The first-order chi connectivity index (χ1) is 8.13. The highest BCUT2D eigenvalue weighted by Crippen LogP contribution is 2.31. The summed E-state index contributed by atoms with van der Waals surface area (Å²) in [6.07, 6.45) is 0.0247. The van der Waals surface area contributed by atoms with Gasteiger partial charge >= 0.3 is 0 Å². The lowest BCUT2D eigenvalue weighted by molar-refractivity contribution is -0.0853. The Balaban J connectivity index is 2.28. The van der Waals surface area contributed by atoms with Gasteiger partial charge in [-0.05, 0) is 32.9 Å². The first-order valence-electron chi connectivity index (χ1n) is 6.27. The van der Waals surface area contributed by atoms with E-state index in [-0.39, 0.29) is 12.1 Å². The molecule has 4 heteroatoms. The zero-order valence-corrected chi connectivity index (χ0v) is 10.8. The lowest BCUT2D eigenvalue weighted by Gasteiger charge is -2.42. The number of nitrogens with two attached hydrogens (primary N) is 1. The average molecular weight is 238 g/mol. The van der Waals surface area contributed by atoms with Crippen molar-refractivity contribution in [2.24, 2.45) is 5.73 Å². The highest BCUT2D eigenvalue weighted by molar-refractivity contribution is 5.13. The largest absolute Gasteiger partial charge is 0.465 e. The molecule has 2 N–H and O–H groups in total. The Morgan fingerprint density at radius 1 is 1.47 bits per heavy atom. The standard InChI is InChI=1S/C13H22N2O2/c1-9(2)15-6-7-16-12(8-14)13(15)11-5-4-10(3)17-11/h4-5,9,12-13H,6-8,14H2,1-3H3. The smallest absolute Gasteiger partial charge is 0.124 e. The summed E-state index contributed by atoms with van der Waals surface area (Å²) in [5.74, 6) is 1.90. The Bertz CT molecular complexity index is 362. The molecule has 1 aromatic rings. The Labute approximate surface area is 103 Å². The molecule has 1 aliphatic rings. The van der Waals surface area contributed by atoms with Crippen molar-refractivity contribution in [3.8, 4) is 0 Å². The van der Waals surface area contributed by atoms with Crippen molar-refractivity contribution in [3.05, 3.63) is 23.7 Å². The van der Waals surface area contributed by atoms with Crippen molar-refractivity contribution in [2.45, 2.75) is 39.0 Å².